The summed E-state index contributed by atoms with van der Waals surface area (Å²) in [7, 11) is 0. The zero-order chi connectivity index (χ0) is 10.4. The number of rotatable bonds is 5. The van der Waals surface area contributed by atoms with Crippen molar-refractivity contribution in [2.24, 2.45) is 0 Å². The van der Waals surface area contributed by atoms with Gasteiger partial charge in [-0.3, -0.25) is 0 Å². The number of hydrogen-bond acceptors (Lipinski definition) is 2. The molecule has 0 bridgehead atoms. The van der Waals surface area contributed by atoms with Crippen LogP contribution in [-0.2, 0) is 6.61 Å². The lowest BCUT2D eigenvalue weighted by Crippen LogP contribution is -1.99. The summed E-state index contributed by atoms with van der Waals surface area (Å²) in [5, 5.41) is 8.91. The summed E-state index contributed by atoms with van der Waals surface area (Å²) < 4.78 is 5.49. The molecule has 2 heteroatoms. The van der Waals surface area contributed by atoms with Crippen LogP contribution in [0.4, 0.5) is 0 Å². The second kappa shape index (κ2) is 5.45. The summed E-state index contributed by atoms with van der Waals surface area (Å²) >= 11 is 0. The predicted molar refractivity (Wildman–Crippen MR) is 57.3 cm³/mol. The topological polar surface area (TPSA) is 29.5 Å². The highest BCUT2D eigenvalue weighted by atomic mass is 16.5. The van der Waals surface area contributed by atoms with E-state index in [9.17, 15) is 0 Å². The molecule has 0 aliphatic heterocycles. The molecule has 1 aromatic carbocycles. The summed E-state index contributed by atoms with van der Waals surface area (Å²) in [4.78, 5) is 0. The highest BCUT2D eigenvalue weighted by molar-refractivity contribution is 5.28. The van der Waals surface area contributed by atoms with Crippen molar-refractivity contribution in [1.29, 1.82) is 0 Å². The Kier molecular flexibility index (Phi) is 4.20. The van der Waals surface area contributed by atoms with Gasteiger partial charge in [-0.05, 0) is 29.7 Å². The Balaban J connectivity index is 2.54. The fraction of sp³-hybridized carbons (Fsp3) is 0.333. The van der Waals surface area contributed by atoms with Crippen molar-refractivity contribution in [3.05, 3.63) is 42.0 Å². The van der Waals surface area contributed by atoms with E-state index < -0.39 is 0 Å². The van der Waals surface area contributed by atoms with Gasteiger partial charge in [-0.15, -0.1) is 0 Å². The lowest BCUT2D eigenvalue weighted by molar-refractivity contribution is 0.280. The predicted octanol–water partition coefficient (Wildman–Crippen LogP) is 2.52. The van der Waals surface area contributed by atoms with Crippen LogP contribution in [-0.4, -0.2) is 11.7 Å². The van der Waals surface area contributed by atoms with E-state index in [1.54, 1.807) is 0 Å². The van der Waals surface area contributed by atoms with Crippen LogP contribution < -0.4 is 4.74 Å². The van der Waals surface area contributed by atoms with Gasteiger partial charge in [0.15, 0.2) is 0 Å². The third-order valence-corrected chi connectivity index (χ3v) is 2.02. The van der Waals surface area contributed by atoms with Crippen LogP contribution in [0.5, 0.6) is 5.75 Å². The van der Waals surface area contributed by atoms with Gasteiger partial charge in [-0.1, -0.05) is 25.6 Å². The number of aliphatic hydroxyl groups excluding tert-OH is 1. The lowest BCUT2D eigenvalue weighted by Gasteiger charge is -2.07. The summed E-state index contributed by atoms with van der Waals surface area (Å²) in [5.74, 6) is 0.783. The zero-order valence-corrected chi connectivity index (χ0v) is 8.49. The highest BCUT2D eigenvalue weighted by Gasteiger charge is 1.96. The molecule has 1 rings (SSSR count). The van der Waals surface area contributed by atoms with Gasteiger partial charge in [0.05, 0.1) is 6.61 Å². The lowest BCUT2D eigenvalue weighted by atomic mass is 10.2. The summed E-state index contributed by atoms with van der Waals surface area (Å²) in [6.07, 6.45) is 0.930. The van der Waals surface area contributed by atoms with Gasteiger partial charge in [0.2, 0.25) is 0 Å². The van der Waals surface area contributed by atoms with Gasteiger partial charge >= 0.3 is 0 Å². The molecule has 0 amide bonds. The maximum Gasteiger partial charge on any atom is 0.120 e. The molecule has 2 nitrogen and oxygen atoms in total. The average molecular weight is 192 g/mol. The zero-order valence-electron chi connectivity index (χ0n) is 8.49. The van der Waals surface area contributed by atoms with E-state index in [-0.39, 0.29) is 6.61 Å². The fourth-order valence-corrected chi connectivity index (χ4v) is 1.02. The van der Waals surface area contributed by atoms with E-state index in [2.05, 4.69) is 13.5 Å². The van der Waals surface area contributed by atoms with Crippen molar-refractivity contribution in [1.82, 2.24) is 0 Å². The molecule has 0 spiro atoms. The maximum absolute atomic E-state index is 8.91. The Morgan fingerprint density at radius 3 is 2.93 bits per heavy atom. The molecule has 14 heavy (non-hydrogen) atoms. The van der Waals surface area contributed by atoms with E-state index in [1.807, 2.05) is 24.3 Å². The molecular weight excluding hydrogens is 176 g/mol. The van der Waals surface area contributed by atoms with Gasteiger partial charge in [-0.25, -0.2) is 0 Å². The van der Waals surface area contributed by atoms with E-state index in [4.69, 9.17) is 9.84 Å². The molecule has 0 fully saturated rings. The van der Waals surface area contributed by atoms with Crippen molar-refractivity contribution in [2.45, 2.75) is 20.0 Å². The molecule has 0 unspecified atom stereocenters. The molecule has 0 saturated carbocycles. The minimum atomic E-state index is 0.0475. The van der Waals surface area contributed by atoms with Gasteiger partial charge in [0.1, 0.15) is 12.4 Å². The third kappa shape index (κ3) is 3.23. The number of aliphatic hydroxyl groups is 1. The van der Waals surface area contributed by atoms with Crippen molar-refractivity contribution >= 4 is 0 Å². The van der Waals surface area contributed by atoms with Crippen LogP contribution >= 0.6 is 0 Å². The Morgan fingerprint density at radius 2 is 2.29 bits per heavy atom. The largest absolute Gasteiger partial charge is 0.489 e. The smallest absolute Gasteiger partial charge is 0.120 e. The first kappa shape index (κ1) is 10.8. The van der Waals surface area contributed by atoms with E-state index in [0.29, 0.717) is 6.61 Å². The minimum absolute atomic E-state index is 0.0475. The molecular formula is C12H16O2. The fourth-order valence-electron chi connectivity index (χ4n) is 1.02. The SMILES string of the molecule is C=C(CC)COc1cccc(CO)c1. The highest BCUT2D eigenvalue weighted by Crippen LogP contribution is 2.14. The molecule has 0 aliphatic rings. The molecule has 0 aliphatic carbocycles. The first-order chi connectivity index (χ1) is 6.76. The standard InChI is InChI=1S/C12H16O2/c1-3-10(2)9-14-12-6-4-5-11(7-12)8-13/h4-7,13H,2-3,8-9H2,1H3. The molecule has 1 aromatic rings. The second-order valence-corrected chi connectivity index (χ2v) is 3.20. The minimum Gasteiger partial charge on any atom is -0.489 e. The first-order valence-corrected chi connectivity index (χ1v) is 4.75. The van der Waals surface area contributed by atoms with Crippen molar-refractivity contribution in [3.8, 4) is 5.75 Å². The Labute approximate surface area is 84.8 Å². The van der Waals surface area contributed by atoms with Crippen LogP contribution in [0.1, 0.15) is 18.9 Å². The normalized spacial score (nSPS) is 9.86. The van der Waals surface area contributed by atoms with E-state index in [0.717, 1.165) is 23.3 Å². The van der Waals surface area contributed by atoms with E-state index in [1.165, 1.54) is 0 Å². The van der Waals surface area contributed by atoms with Gasteiger partial charge in [0, 0.05) is 0 Å². The Morgan fingerprint density at radius 1 is 1.50 bits per heavy atom. The number of hydrogen-bond donors (Lipinski definition) is 1. The van der Waals surface area contributed by atoms with Gasteiger partial charge in [0.25, 0.3) is 0 Å². The molecule has 0 heterocycles. The van der Waals surface area contributed by atoms with E-state index >= 15 is 0 Å². The summed E-state index contributed by atoms with van der Waals surface area (Å²) in [6.45, 7) is 6.50. The number of benzene rings is 1. The Bertz CT molecular complexity index is 305. The summed E-state index contributed by atoms with van der Waals surface area (Å²) in [6, 6.07) is 7.45. The van der Waals surface area contributed by atoms with Crippen LogP contribution in [0.25, 0.3) is 0 Å². The second-order valence-electron chi connectivity index (χ2n) is 3.20. The van der Waals surface area contributed by atoms with Crippen LogP contribution in [0.2, 0.25) is 0 Å². The van der Waals surface area contributed by atoms with Crippen LogP contribution in [0.15, 0.2) is 36.4 Å². The average Bonchev–Trinajstić information content (AvgIpc) is 2.26. The molecule has 0 saturated heterocycles. The van der Waals surface area contributed by atoms with Crippen LogP contribution in [0.3, 0.4) is 0 Å². The van der Waals surface area contributed by atoms with Gasteiger partial charge in [-0.2, -0.15) is 0 Å². The quantitative estimate of drug-likeness (QED) is 0.726. The molecule has 1 N–H and O–H groups in total. The monoisotopic (exact) mass is 192 g/mol. The van der Waals surface area contributed by atoms with Crippen molar-refractivity contribution in [2.75, 3.05) is 6.61 Å². The summed E-state index contributed by atoms with van der Waals surface area (Å²) in [5.41, 5.74) is 1.93. The third-order valence-electron chi connectivity index (χ3n) is 2.02. The Hall–Kier alpha value is -1.28. The van der Waals surface area contributed by atoms with Crippen molar-refractivity contribution in [3.63, 3.8) is 0 Å². The van der Waals surface area contributed by atoms with Crippen molar-refractivity contribution < 1.29 is 9.84 Å². The maximum atomic E-state index is 8.91. The first-order valence-electron chi connectivity index (χ1n) is 4.75. The molecule has 0 atom stereocenters. The van der Waals surface area contributed by atoms with Crippen LogP contribution in [0, 0.1) is 0 Å². The number of ether oxygens (including phenoxy) is 1. The van der Waals surface area contributed by atoms with Gasteiger partial charge < -0.3 is 9.84 Å². The molecule has 0 aromatic heterocycles. The molecule has 0 radical (unpaired) electrons. The molecule has 76 valence electrons.